The zero-order valence-electron chi connectivity index (χ0n) is 15.6. The quantitative estimate of drug-likeness (QED) is 0.541. The van der Waals surface area contributed by atoms with Crippen LogP contribution in [0.2, 0.25) is 0 Å². The molecule has 3 aromatic carbocycles. The molecule has 0 aliphatic rings. The summed E-state index contributed by atoms with van der Waals surface area (Å²) < 4.78 is 0. The van der Waals surface area contributed by atoms with Crippen molar-refractivity contribution in [1.82, 2.24) is 5.32 Å². The first-order valence-electron chi connectivity index (χ1n) is 9.30. The van der Waals surface area contributed by atoms with Crippen LogP contribution in [-0.2, 0) is 11.3 Å². The standard InChI is InChI=1S/C25H25NO/c1-20-12-15-23(16-13-20)25(26-19-22-10-6-3-7-11-22)18-24(27)17-14-21-8-4-2-5-9-21/h2-17,25-26H,18-19H2,1H3/b17-14+. The third-order valence-corrected chi connectivity index (χ3v) is 4.54. The van der Waals surface area contributed by atoms with Gasteiger partial charge in [0.2, 0.25) is 0 Å². The van der Waals surface area contributed by atoms with Crippen LogP contribution in [0.15, 0.2) is 91.0 Å². The molecule has 0 aliphatic carbocycles. The highest BCUT2D eigenvalue weighted by molar-refractivity contribution is 5.94. The fraction of sp³-hybridized carbons (Fsp3) is 0.160. The lowest BCUT2D eigenvalue weighted by atomic mass is 9.99. The van der Waals surface area contributed by atoms with Crippen LogP contribution in [0, 0.1) is 6.92 Å². The molecule has 0 saturated heterocycles. The monoisotopic (exact) mass is 355 g/mol. The Balaban J connectivity index is 1.69. The van der Waals surface area contributed by atoms with Crippen LogP contribution in [-0.4, -0.2) is 5.78 Å². The van der Waals surface area contributed by atoms with Crippen molar-refractivity contribution in [3.05, 3.63) is 113 Å². The van der Waals surface area contributed by atoms with Crippen LogP contribution in [0.1, 0.15) is 34.7 Å². The fourth-order valence-electron chi connectivity index (χ4n) is 2.97. The molecule has 27 heavy (non-hydrogen) atoms. The summed E-state index contributed by atoms with van der Waals surface area (Å²) in [5.41, 5.74) is 4.60. The smallest absolute Gasteiger partial charge is 0.157 e. The Labute approximate surface area is 161 Å². The molecule has 0 aliphatic heterocycles. The number of nitrogens with one attached hydrogen (secondary N) is 1. The van der Waals surface area contributed by atoms with E-state index in [2.05, 4.69) is 48.6 Å². The molecule has 0 heterocycles. The van der Waals surface area contributed by atoms with Gasteiger partial charge in [-0.15, -0.1) is 0 Å². The maximum atomic E-state index is 12.6. The Bertz CT molecular complexity index is 867. The molecule has 1 unspecified atom stereocenters. The van der Waals surface area contributed by atoms with Gasteiger partial charge in [0, 0.05) is 19.0 Å². The Morgan fingerprint density at radius 1 is 0.889 bits per heavy atom. The summed E-state index contributed by atoms with van der Waals surface area (Å²) >= 11 is 0. The summed E-state index contributed by atoms with van der Waals surface area (Å²) in [6, 6.07) is 28.6. The molecule has 0 fully saturated rings. The summed E-state index contributed by atoms with van der Waals surface area (Å²) in [5, 5.41) is 3.55. The highest BCUT2D eigenvalue weighted by atomic mass is 16.1. The number of rotatable bonds is 8. The Kier molecular flexibility index (Phi) is 6.72. The lowest BCUT2D eigenvalue weighted by Crippen LogP contribution is -2.23. The number of aryl methyl sites for hydroxylation is 1. The largest absolute Gasteiger partial charge is 0.305 e. The van der Waals surface area contributed by atoms with Crippen LogP contribution in [0.25, 0.3) is 6.08 Å². The van der Waals surface area contributed by atoms with E-state index >= 15 is 0 Å². The number of allylic oxidation sites excluding steroid dienone is 1. The lowest BCUT2D eigenvalue weighted by molar-refractivity contribution is -0.115. The van der Waals surface area contributed by atoms with Gasteiger partial charge in [0.15, 0.2) is 5.78 Å². The maximum Gasteiger partial charge on any atom is 0.157 e. The van der Waals surface area contributed by atoms with Crippen molar-refractivity contribution in [3.8, 4) is 0 Å². The zero-order chi connectivity index (χ0) is 18.9. The summed E-state index contributed by atoms with van der Waals surface area (Å²) in [4.78, 5) is 12.6. The molecular formula is C25H25NO. The van der Waals surface area contributed by atoms with Gasteiger partial charge in [0.05, 0.1) is 0 Å². The van der Waals surface area contributed by atoms with E-state index in [1.807, 2.05) is 54.6 Å². The molecule has 136 valence electrons. The van der Waals surface area contributed by atoms with E-state index in [4.69, 9.17) is 0 Å². The third-order valence-electron chi connectivity index (χ3n) is 4.54. The van der Waals surface area contributed by atoms with E-state index in [9.17, 15) is 4.79 Å². The lowest BCUT2D eigenvalue weighted by Gasteiger charge is -2.18. The molecule has 3 rings (SSSR count). The molecule has 1 N–H and O–H groups in total. The van der Waals surface area contributed by atoms with E-state index in [0.29, 0.717) is 6.42 Å². The van der Waals surface area contributed by atoms with Gasteiger partial charge >= 0.3 is 0 Å². The van der Waals surface area contributed by atoms with E-state index in [1.165, 1.54) is 11.1 Å². The van der Waals surface area contributed by atoms with Crippen LogP contribution >= 0.6 is 0 Å². The molecule has 1 atom stereocenters. The van der Waals surface area contributed by atoms with Crippen LogP contribution in [0.3, 0.4) is 0 Å². The minimum absolute atomic E-state index is 0.0151. The van der Waals surface area contributed by atoms with E-state index in [1.54, 1.807) is 6.08 Å². The summed E-state index contributed by atoms with van der Waals surface area (Å²) in [5.74, 6) is 0.116. The van der Waals surface area contributed by atoms with Gasteiger partial charge in [-0.05, 0) is 29.7 Å². The van der Waals surface area contributed by atoms with Gasteiger partial charge in [-0.3, -0.25) is 4.79 Å². The van der Waals surface area contributed by atoms with Crippen molar-refractivity contribution < 1.29 is 4.79 Å². The van der Waals surface area contributed by atoms with Crippen molar-refractivity contribution >= 4 is 11.9 Å². The second-order valence-electron chi connectivity index (χ2n) is 6.74. The van der Waals surface area contributed by atoms with Crippen LogP contribution in [0.4, 0.5) is 0 Å². The molecule has 0 amide bonds. The molecule has 3 aromatic rings. The van der Waals surface area contributed by atoms with Gasteiger partial charge in [0.25, 0.3) is 0 Å². The highest BCUT2D eigenvalue weighted by Crippen LogP contribution is 2.19. The van der Waals surface area contributed by atoms with Gasteiger partial charge in [-0.25, -0.2) is 0 Å². The van der Waals surface area contributed by atoms with Gasteiger partial charge in [-0.2, -0.15) is 0 Å². The first-order chi connectivity index (χ1) is 13.2. The minimum atomic E-state index is -0.0151. The predicted molar refractivity (Wildman–Crippen MR) is 112 cm³/mol. The topological polar surface area (TPSA) is 29.1 Å². The van der Waals surface area contributed by atoms with Crippen molar-refractivity contribution in [1.29, 1.82) is 0 Å². The Morgan fingerprint density at radius 3 is 2.19 bits per heavy atom. The number of carbonyl (C=O) groups is 1. The number of carbonyl (C=O) groups excluding carboxylic acids is 1. The zero-order valence-corrected chi connectivity index (χ0v) is 15.6. The molecule has 2 heteroatoms. The maximum absolute atomic E-state index is 12.6. The number of benzene rings is 3. The fourth-order valence-corrected chi connectivity index (χ4v) is 2.97. The van der Waals surface area contributed by atoms with Gasteiger partial charge in [0.1, 0.15) is 0 Å². The average Bonchev–Trinajstić information content (AvgIpc) is 2.72. The normalized spacial score (nSPS) is 12.2. The van der Waals surface area contributed by atoms with E-state index in [-0.39, 0.29) is 11.8 Å². The molecule has 0 spiro atoms. The van der Waals surface area contributed by atoms with Crippen molar-refractivity contribution in [2.75, 3.05) is 0 Å². The van der Waals surface area contributed by atoms with Crippen molar-refractivity contribution in [2.45, 2.75) is 25.9 Å². The second-order valence-corrected chi connectivity index (χ2v) is 6.74. The Morgan fingerprint density at radius 2 is 1.52 bits per heavy atom. The first kappa shape index (κ1) is 18.8. The summed E-state index contributed by atoms with van der Waals surface area (Å²) in [6.45, 7) is 2.80. The molecule has 0 radical (unpaired) electrons. The molecular weight excluding hydrogens is 330 g/mol. The number of hydrogen-bond donors (Lipinski definition) is 1. The summed E-state index contributed by atoms with van der Waals surface area (Å²) in [7, 11) is 0. The molecule has 0 saturated carbocycles. The summed E-state index contributed by atoms with van der Waals surface area (Å²) in [6.07, 6.45) is 3.99. The van der Waals surface area contributed by atoms with Crippen LogP contribution < -0.4 is 5.32 Å². The predicted octanol–water partition coefficient (Wildman–Crippen LogP) is 5.50. The van der Waals surface area contributed by atoms with Gasteiger partial charge in [-0.1, -0.05) is 96.6 Å². The van der Waals surface area contributed by atoms with Crippen molar-refractivity contribution in [2.24, 2.45) is 0 Å². The SMILES string of the molecule is Cc1ccc(C(CC(=O)/C=C/c2ccccc2)NCc2ccccc2)cc1. The third kappa shape index (κ3) is 6.05. The first-order valence-corrected chi connectivity index (χ1v) is 9.30. The number of ketones is 1. The average molecular weight is 355 g/mol. The highest BCUT2D eigenvalue weighted by Gasteiger charge is 2.14. The Hall–Kier alpha value is -2.97. The van der Waals surface area contributed by atoms with Crippen molar-refractivity contribution in [3.63, 3.8) is 0 Å². The number of hydrogen-bond acceptors (Lipinski definition) is 2. The minimum Gasteiger partial charge on any atom is -0.305 e. The molecule has 0 aromatic heterocycles. The molecule has 0 bridgehead atoms. The van der Waals surface area contributed by atoms with E-state index in [0.717, 1.165) is 17.7 Å². The second kappa shape index (κ2) is 9.65. The van der Waals surface area contributed by atoms with Crippen LogP contribution in [0.5, 0.6) is 0 Å². The molecule has 2 nitrogen and oxygen atoms in total. The van der Waals surface area contributed by atoms with E-state index < -0.39 is 0 Å². The van der Waals surface area contributed by atoms with Gasteiger partial charge < -0.3 is 5.32 Å².